The van der Waals surface area contributed by atoms with Crippen LogP contribution in [-0.4, -0.2) is 15.9 Å². The summed E-state index contributed by atoms with van der Waals surface area (Å²) in [6.45, 7) is 3.65. The number of nitrogens with zero attached hydrogens (tertiary/aromatic N) is 3. The molecule has 2 rings (SSSR count). The van der Waals surface area contributed by atoms with Crippen molar-refractivity contribution < 1.29 is 4.79 Å². The third kappa shape index (κ3) is 3.18. The summed E-state index contributed by atoms with van der Waals surface area (Å²) < 4.78 is 0. The molecule has 20 heavy (non-hydrogen) atoms. The summed E-state index contributed by atoms with van der Waals surface area (Å²) in [6, 6.07) is 12.7. The standard InChI is InChI=1S/C15H14N4O/c1-10-8-11(2)18-15(17-10)19-14(20)13(9-16)12-6-4-3-5-7-12/h3-8,13H,1-2H3,(H,17,18,19,20). The van der Waals surface area contributed by atoms with E-state index in [0.29, 0.717) is 5.56 Å². The molecule has 1 aromatic carbocycles. The van der Waals surface area contributed by atoms with Crippen molar-refractivity contribution in [2.45, 2.75) is 19.8 Å². The Labute approximate surface area is 117 Å². The smallest absolute Gasteiger partial charge is 0.248 e. The van der Waals surface area contributed by atoms with Crippen LogP contribution in [-0.2, 0) is 4.79 Å². The number of amides is 1. The van der Waals surface area contributed by atoms with E-state index in [2.05, 4.69) is 15.3 Å². The summed E-state index contributed by atoms with van der Waals surface area (Å²) in [5.41, 5.74) is 2.18. The lowest BCUT2D eigenvalue weighted by Gasteiger charge is -2.10. The lowest BCUT2D eigenvalue weighted by Crippen LogP contribution is -2.21. The first-order chi connectivity index (χ1) is 9.60. The number of carbonyl (C=O) groups excluding carboxylic acids is 1. The molecular weight excluding hydrogens is 252 g/mol. The third-order valence-corrected chi connectivity index (χ3v) is 2.74. The molecule has 0 radical (unpaired) electrons. The summed E-state index contributed by atoms with van der Waals surface area (Å²) in [7, 11) is 0. The molecule has 0 bridgehead atoms. The Kier molecular flexibility index (Phi) is 4.06. The number of aromatic nitrogens is 2. The number of hydrogen-bond acceptors (Lipinski definition) is 4. The summed E-state index contributed by atoms with van der Waals surface area (Å²) in [4.78, 5) is 20.4. The zero-order valence-corrected chi connectivity index (χ0v) is 11.3. The van der Waals surface area contributed by atoms with Crippen molar-refractivity contribution in [1.82, 2.24) is 9.97 Å². The van der Waals surface area contributed by atoms with E-state index in [0.717, 1.165) is 11.4 Å². The summed E-state index contributed by atoms with van der Waals surface area (Å²) >= 11 is 0. The number of nitriles is 1. The number of carbonyl (C=O) groups is 1. The Bertz CT molecular complexity index is 641. The second kappa shape index (κ2) is 5.93. The van der Waals surface area contributed by atoms with Crippen LogP contribution in [0.3, 0.4) is 0 Å². The van der Waals surface area contributed by atoms with E-state index < -0.39 is 11.8 Å². The highest BCUT2D eigenvalue weighted by Crippen LogP contribution is 2.16. The fourth-order valence-electron chi connectivity index (χ4n) is 1.89. The van der Waals surface area contributed by atoms with Gasteiger partial charge in [-0.25, -0.2) is 9.97 Å². The highest BCUT2D eigenvalue weighted by Gasteiger charge is 2.20. The van der Waals surface area contributed by atoms with Crippen LogP contribution in [0.5, 0.6) is 0 Å². The van der Waals surface area contributed by atoms with Gasteiger partial charge in [0.15, 0.2) is 5.92 Å². The zero-order valence-electron chi connectivity index (χ0n) is 11.3. The fraction of sp³-hybridized carbons (Fsp3) is 0.200. The first-order valence-electron chi connectivity index (χ1n) is 6.18. The quantitative estimate of drug-likeness (QED) is 0.924. The molecule has 1 atom stereocenters. The Morgan fingerprint density at radius 2 is 1.80 bits per heavy atom. The highest BCUT2D eigenvalue weighted by atomic mass is 16.2. The Balaban J connectivity index is 2.20. The molecule has 5 nitrogen and oxygen atoms in total. The topological polar surface area (TPSA) is 78.7 Å². The predicted octanol–water partition coefficient (Wildman–Crippen LogP) is 2.34. The number of anilines is 1. The third-order valence-electron chi connectivity index (χ3n) is 2.74. The largest absolute Gasteiger partial charge is 0.293 e. The molecule has 0 saturated carbocycles. The van der Waals surface area contributed by atoms with Gasteiger partial charge in [-0.2, -0.15) is 5.26 Å². The van der Waals surface area contributed by atoms with Gasteiger partial charge >= 0.3 is 0 Å². The predicted molar refractivity (Wildman–Crippen MR) is 74.9 cm³/mol. The average Bonchev–Trinajstić information content (AvgIpc) is 2.39. The number of aryl methyl sites for hydroxylation is 2. The molecule has 0 spiro atoms. The molecule has 2 aromatic rings. The molecule has 1 heterocycles. The number of hydrogen-bond donors (Lipinski definition) is 1. The SMILES string of the molecule is Cc1cc(C)nc(NC(=O)C(C#N)c2ccccc2)n1. The van der Waals surface area contributed by atoms with Gasteiger partial charge in [-0.15, -0.1) is 0 Å². The number of benzene rings is 1. The van der Waals surface area contributed by atoms with Crippen molar-refractivity contribution >= 4 is 11.9 Å². The molecule has 1 N–H and O–H groups in total. The van der Waals surface area contributed by atoms with Gasteiger partial charge in [0.05, 0.1) is 6.07 Å². The zero-order chi connectivity index (χ0) is 14.5. The van der Waals surface area contributed by atoms with Gasteiger partial charge in [0.2, 0.25) is 11.9 Å². The number of nitrogens with one attached hydrogen (secondary N) is 1. The highest BCUT2D eigenvalue weighted by molar-refractivity contribution is 5.96. The fourth-order valence-corrected chi connectivity index (χ4v) is 1.89. The van der Waals surface area contributed by atoms with Crippen LogP contribution in [0.1, 0.15) is 22.9 Å². The molecule has 0 aliphatic carbocycles. The van der Waals surface area contributed by atoms with Crippen molar-refractivity contribution in [3.63, 3.8) is 0 Å². The van der Waals surface area contributed by atoms with Crippen LogP contribution in [0.25, 0.3) is 0 Å². The van der Waals surface area contributed by atoms with Crippen LogP contribution in [0.2, 0.25) is 0 Å². The normalized spacial score (nSPS) is 11.4. The van der Waals surface area contributed by atoms with Crippen molar-refractivity contribution in [3.8, 4) is 6.07 Å². The van der Waals surface area contributed by atoms with E-state index in [4.69, 9.17) is 0 Å². The van der Waals surface area contributed by atoms with E-state index in [1.807, 2.05) is 32.0 Å². The molecular formula is C15H14N4O. The van der Waals surface area contributed by atoms with E-state index in [1.165, 1.54) is 0 Å². The Morgan fingerprint density at radius 3 is 2.35 bits per heavy atom. The van der Waals surface area contributed by atoms with E-state index in [9.17, 15) is 10.1 Å². The Hall–Kier alpha value is -2.74. The molecule has 5 heteroatoms. The average molecular weight is 266 g/mol. The van der Waals surface area contributed by atoms with E-state index in [-0.39, 0.29) is 5.95 Å². The summed E-state index contributed by atoms with van der Waals surface area (Å²) in [5, 5.41) is 11.8. The first-order valence-corrected chi connectivity index (χ1v) is 6.18. The molecule has 0 fully saturated rings. The minimum Gasteiger partial charge on any atom is -0.293 e. The van der Waals surface area contributed by atoms with Crippen molar-refractivity contribution in [1.29, 1.82) is 5.26 Å². The first kappa shape index (κ1) is 13.7. The van der Waals surface area contributed by atoms with Gasteiger partial charge in [-0.1, -0.05) is 30.3 Å². The van der Waals surface area contributed by atoms with Crippen LogP contribution in [0.15, 0.2) is 36.4 Å². The molecule has 0 saturated heterocycles. The minimum atomic E-state index is -0.874. The summed E-state index contributed by atoms with van der Waals surface area (Å²) in [6.07, 6.45) is 0. The van der Waals surface area contributed by atoms with E-state index >= 15 is 0 Å². The second-order valence-corrected chi connectivity index (χ2v) is 4.44. The maximum Gasteiger partial charge on any atom is 0.248 e. The van der Waals surface area contributed by atoms with Crippen molar-refractivity contribution in [2.24, 2.45) is 0 Å². The maximum absolute atomic E-state index is 12.2. The van der Waals surface area contributed by atoms with Gasteiger partial charge in [-0.3, -0.25) is 10.1 Å². The lowest BCUT2D eigenvalue weighted by molar-refractivity contribution is -0.116. The van der Waals surface area contributed by atoms with Crippen LogP contribution >= 0.6 is 0 Å². The maximum atomic E-state index is 12.2. The molecule has 0 aliphatic rings. The summed E-state index contributed by atoms with van der Waals surface area (Å²) in [5.74, 6) is -1.08. The van der Waals surface area contributed by atoms with Gasteiger partial charge < -0.3 is 0 Å². The van der Waals surface area contributed by atoms with E-state index in [1.54, 1.807) is 24.3 Å². The van der Waals surface area contributed by atoms with Gasteiger partial charge in [0, 0.05) is 11.4 Å². The van der Waals surface area contributed by atoms with Crippen molar-refractivity contribution in [2.75, 3.05) is 5.32 Å². The van der Waals surface area contributed by atoms with Gasteiger partial charge in [0.25, 0.3) is 0 Å². The minimum absolute atomic E-state index is 0.226. The molecule has 1 aromatic heterocycles. The van der Waals surface area contributed by atoms with Gasteiger partial charge in [-0.05, 0) is 25.5 Å². The monoisotopic (exact) mass is 266 g/mol. The molecule has 1 amide bonds. The molecule has 1 unspecified atom stereocenters. The van der Waals surface area contributed by atoms with Gasteiger partial charge in [0.1, 0.15) is 0 Å². The van der Waals surface area contributed by atoms with Crippen molar-refractivity contribution in [3.05, 3.63) is 53.3 Å². The lowest BCUT2D eigenvalue weighted by atomic mass is 10.00. The van der Waals surface area contributed by atoms with Crippen LogP contribution < -0.4 is 5.32 Å². The second-order valence-electron chi connectivity index (χ2n) is 4.44. The van der Waals surface area contributed by atoms with Crippen LogP contribution in [0, 0.1) is 25.2 Å². The van der Waals surface area contributed by atoms with Crippen LogP contribution in [0.4, 0.5) is 5.95 Å². The molecule has 100 valence electrons. The Morgan fingerprint density at radius 1 is 1.20 bits per heavy atom. The molecule has 0 aliphatic heterocycles. The number of rotatable bonds is 3.